The zero-order chi connectivity index (χ0) is 33.4. The number of thiazole rings is 1. The second-order valence-corrected chi connectivity index (χ2v) is 13.2. The maximum atomic E-state index is 13.7. The van der Waals surface area contributed by atoms with Crippen molar-refractivity contribution in [1.82, 2.24) is 20.2 Å². The molecule has 12 nitrogen and oxygen atoms in total. The van der Waals surface area contributed by atoms with Crippen molar-refractivity contribution in [2.45, 2.75) is 63.8 Å². The van der Waals surface area contributed by atoms with Crippen LogP contribution in [0, 0.1) is 12.3 Å². The first-order chi connectivity index (χ1) is 21.8. The van der Waals surface area contributed by atoms with Gasteiger partial charge >= 0.3 is 12.1 Å². The summed E-state index contributed by atoms with van der Waals surface area (Å²) >= 11 is 1.32. The van der Waals surface area contributed by atoms with E-state index in [9.17, 15) is 19.2 Å². The summed E-state index contributed by atoms with van der Waals surface area (Å²) in [5.74, 6) is -0.438. The monoisotopic (exact) mass is 649 g/mol. The van der Waals surface area contributed by atoms with E-state index in [2.05, 4.69) is 16.9 Å². The molecule has 0 bridgehead atoms. The second kappa shape index (κ2) is 12.7. The van der Waals surface area contributed by atoms with Crippen LogP contribution in [0.3, 0.4) is 0 Å². The fourth-order valence-electron chi connectivity index (χ4n) is 5.50. The number of fused-ring (bicyclic) bond motifs is 1. The zero-order valence-electron chi connectivity index (χ0n) is 26.6. The van der Waals surface area contributed by atoms with Gasteiger partial charge in [-0.2, -0.15) is 0 Å². The van der Waals surface area contributed by atoms with Gasteiger partial charge in [-0.3, -0.25) is 14.5 Å². The van der Waals surface area contributed by atoms with Gasteiger partial charge in [-0.25, -0.2) is 19.6 Å². The van der Waals surface area contributed by atoms with Crippen LogP contribution in [0.4, 0.5) is 4.79 Å². The molecule has 2 fully saturated rings. The van der Waals surface area contributed by atoms with Crippen LogP contribution >= 0.6 is 11.3 Å². The highest BCUT2D eigenvalue weighted by Crippen LogP contribution is 2.45. The number of carbonyl (C=O) groups is 4. The molecule has 3 aromatic rings. The van der Waals surface area contributed by atoms with Crippen molar-refractivity contribution in [3.63, 3.8) is 0 Å². The maximum absolute atomic E-state index is 13.7. The molecule has 5 rings (SSSR count). The van der Waals surface area contributed by atoms with Crippen molar-refractivity contribution in [1.29, 1.82) is 0 Å². The van der Waals surface area contributed by atoms with Gasteiger partial charge in [0.25, 0.3) is 0 Å². The third-order valence-electron chi connectivity index (χ3n) is 7.77. The molecule has 4 atom stereocenters. The van der Waals surface area contributed by atoms with Gasteiger partial charge < -0.3 is 24.3 Å². The SMILES string of the molecule is C=CC1C[C@]1(NC(=O)[C@@H]1C[C@@H](Oc2cc(-c3csc([CH]C(C)=O)n3)nc3cc(OC)ccc23)CN1C(=O)OC(C)(C)C)C(=O)OC. The van der Waals surface area contributed by atoms with Crippen molar-refractivity contribution >= 4 is 46.0 Å². The quantitative estimate of drug-likeness (QED) is 0.246. The molecule has 1 saturated carbocycles. The first kappa shape index (κ1) is 32.9. The predicted octanol–water partition coefficient (Wildman–Crippen LogP) is 4.50. The average molecular weight is 650 g/mol. The molecule has 1 radical (unpaired) electrons. The number of hydrogen-bond donors (Lipinski definition) is 1. The first-order valence-corrected chi connectivity index (χ1v) is 15.6. The Kier molecular flexibility index (Phi) is 9.07. The third-order valence-corrected chi connectivity index (χ3v) is 8.56. The van der Waals surface area contributed by atoms with E-state index in [0.717, 1.165) is 0 Å². The zero-order valence-corrected chi connectivity index (χ0v) is 27.4. The van der Waals surface area contributed by atoms with Crippen LogP contribution in [0.25, 0.3) is 22.3 Å². The number of amides is 2. The van der Waals surface area contributed by atoms with Gasteiger partial charge in [0.1, 0.15) is 51.3 Å². The third kappa shape index (κ3) is 6.84. The van der Waals surface area contributed by atoms with E-state index < -0.39 is 41.3 Å². The van der Waals surface area contributed by atoms with E-state index in [1.807, 2.05) is 6.07 Å². The fraction of sp³-hybridized carbons (Fsp3) is 0.424. The molecule has 46 heavy (non-hydrogen) atoms. The molecule has 2 aliphatic rings. The first-order valence-electron chi connectivity index (χ1n) is 14.8. The number of benzene rings is 1. The molecule has 13 heteroatoms. The number of pyridine rings is 1. The van der Waals surface area contributed by atoms with E-state index in [4.69, 9.17) is 23.9 Å². The molecule has 1 aliphatic heterocycles. The van der Waals surface area contributed by atoms with E-state index >= 15 is 0 Å². The Hall–Kier alpha value is -4.52. The highest BCUT2D eigenvalue weighted by Gasteiger charge is 2.62. The molecule has 1 aromatic carbocycles. The number of nitrogens with one attached hydrogen (secondary N) is 1. The van der Waals surface area contributed by atoms with Crippen LogP contribution in [0.2, 0.25) is 0 Å². The standard InChI is InChI=1S/C33H37N4O8S/c1-8-19-15-33(19,30(40)43-7)36-29(39)26-13-21(16-37(26)31(41)45-32(3,4)5)44-27-14-24(25-17-46-28(35-25)11-18(2)38)34-23-12-20(42-6)9-10-22(23)27/h8-12,14,17,19,21,26H,1,13,15-16H2,2-7H3,(H,36,39)/t19?,21-,26+,33-/m1/s1. The van der Waals surface area contributed by atoms with Crippen molar-refractivity contribution in [3.05, 3.63) is 53.7 Å². The average Bonchev–Trinajstić information content (AvgIpc) is 3.28. The molecule has 243 valence electrons. The summed E-state index contributed by atoms with van der Waals surface area (Å²) in [6, 6.07) is 6.15. The van der Waals surface area contributed by atoms with E-state index in [0.29, 0.717) is 45.2 Å². The van der Waals surface area contributed by atoms with E-state index in [1.165, 1.54) is 36.7 Å². The number of methoxy groups -OCH3 is 2. The minimum absolute atomic E-state index is 0.0484. The topological polar surface area (TPSA) is 146 Å². The number of likely N-dealkylation sites (tertiary alicyclic amines) is 1. The van der Waals surface area contributed by atoms with E-state index in [1.54, 1.807) is 57.5 Å². The Morgan fingerprint density at radius 1 is 1.13 bits per heavy atom. The largest absolute Gasteiger partial charge is 0.497 e. The van der Waals surface area contributed by atoms with Crippen molar-refractivity contribution in [2.75, 3.05) is 20.8 Å². The summed E-state index contributed by atoms with van der Waals surface area (Å²) in [5.41, 5.74) is -0.391. The number of hydrogen-bond acceptors (Lipinski definition) is 11. The second-order valence-electron chi connectivity index (χ2n) is 12.3. The van der Waals surface area contributed by atoms with Gasteiger partial charge in [0.05, 0.1) is 38.4 Å². The summed E-state index contributed by atoms with van der Waals surface area (Å²) < 4.78 is 22.6. The molecule has 3 heterocycles. The summed E-state index contributed by atoms with van der Waals surface area (Å²) in [4.78, 5) is 62.0. The smallest absolute Gasteiger partial charge is 0.411 e. The van der Waals surface area contributed by atoms with E-state index in [-0.39, 0.29) is 24.7 Å². The number of ketones is 1. The van der Waals surface area contributed by atoms with Gasteiger partial charge in [-0.05, 0) is 46.2 Å². The Labute approximate surface area is 271 Å². The van der Waals surface area contributed by atoms with Gasteiger partial charge in [0, 0.05) is 35.2 Å². The van der Waals surface area contributed by atoms with Crippen LogP contribution in [-0.4, -0.2) is 82.7 Å². The van der Waals surface area contributed by atoms with Gasteiger partial charge in [0.2, 0.25) is 5.91 Å². The normalized spacial score (nSPS) is 22.2. The molecule has 1 unspecified atom stereocenters. The molecular formula is C33H37N4O8S. The van der Waals surface area contributed by atoms with Gasteiger partial charge in [-0.15, -0.1) is 17.9 Å². The maximum Gasteiger partial charge on any atom is 0.411 e. The molecular weight excluding hydrogens is 612 g/mol. The molecule has 1 N–H and O–H groups in total. The number of Topliss-reactive ketones (excluding diaryl/α,β-unsaturated/α-hetero) is 1. The van der Waals surface area contributed by atoms with Crippen LogP contribution in [0.15, 0.2) is 42.3 Å². The van der Waals surface area contributed by atoms with Crippen molar-refractivity contribution in [2.24, 2.45) is 5.92 Å². The number of ether oxygens (including phenoxy) is 4. The summed E-state index contributed by atoms with van der Waals surface area (Å²) in [6.07, 6.45) is 2.24. The van der Waals surface area contributed by atoms with Crippen molar-refractivity contribution < 1.29 is 38.1 Å². The van der Waals surface area contributed by atoms with Crippen LogP contribution in [0.1, 0.15) is 45.5 Å². The molecule has 1 aliphatic carbocycles. The Bertz CT molecular complexity index is 1700. The fourth-order valence-corrected chi connectivity index (χ4v) is 6.29. The molecule has 2 amide bonds. The lowest BCUT2D eigenvalue weighted by atomic mass is 10.1. The Morgan fingerprint density at radius 3 is 2.52 bits per heavy atom. The summed E-state index contributed by atoms with van der Waals surface area (Å²) in [5, 5.41) is 5.87. The number of carbonyl (C=O) groups excluding carboxylic acids is 4. The van der Waals surface area contributed by atoms with Gasteiger partial charge in [0.15, 0.2) is 0 Å². The van der Waals surface area contributed by atoms with Crippen molar-refractivity contribution in [3.8, 4) is 22.9 Å². The number of rotatable bonds is 10. The summed E-state index contributed by atoms with van der Waals surface area (Å²) in [6.45, 7) is 10.5. The number of esters is 1. The van der Waals surface area contributed by atoms with Crippen LogP contribution < -0.4 is 14.8 Å². The lowest BCUT2D eigenvalue weighted by Crippen LogP contribution is -2.53. The molecule has 0 spiro atoms. The Balaban J connectivity index is 1.47. The Morgan fingerprint density at radius 2 is 1.89 bits per heavy atom. The minimum atomic E-state index is -1.23. The number of nitrogens with zero attached hydrogens (tertiary/aromatic N) is 3. The highest BCUT2D eigenvalue weighted by molar-refractivity contribution is 7.10. The molecule has 2 aromatic heterocycles. The van der Waals surface area contributed by atoms with Gasteiger partial charge in [-0.1, -0.05) is 6.08 Å². The number of aromatic nitrogens is 2. The van der Waals surface area contributed by atoms with Crippen LogP contribution in [-0.2, 0) is 23.9 Å². The lowest BCUT2D eigenvalue weighted by Gasteiger charge is -2.28. The predicted molar refractivity (Wildman–Crippen MR) is 170 cm³/mol. The highest BCUT2D eigenvalue weighted by atomic mass is 32.1. The summed E-state index contributed by atoms with van der Waals surface area (Å²) in [7, 11) is 2.82. The minimum Gasteiger partial charge on any atom is -0.497 e. The molecule has 1 saturated heterocycles. The van der Waals surface area contributed by atoms with Crippen LogP contribution in [0.5, 0.6) is 11.5 Å². The lowest BCUT2D eigenvalue weighted by molar-refractivity contribution is -0.147.